The van der Waals surface area contributed by atoms with Crippen LogP contribution in [0.15, 0.2) is 36.5 Å². The van der Waals surface area contributed by atoms with Gasteiger partial charge in [0.15, 0.2) is 0 Å². The summed E-state index contributed by atoms with van der Waals surface area (Å²) in [5.41, 5.74) is 1.72. The molecule has 0 aliphatic carbocycles. The van der Waals surface area contributed by atoms with Crippen molar-refractivity contribution in [1.29, 1.82) is 0 Å². The van der Waals surface area contributed by atoms with Crippen LogP contribution in [0.5, 0.6) is 0 Å². The van der Waals surface area contributed by atoms with Gasteiger partial charge >= 0.3 is 0 Å². The van der Waals surface area contributed by atoms with Crippen LogP contribution in [-0.2, 0) is 6.42 Å². The first-order chi connectivity index (χ1) is 9.61. The van der Waals surface area contributed by atoms with Crippen molar-refractivity contribution in [3.8, 4) is 0 Å². The van der Waals surface area contributed by atoms with Gasteiger partial charge in [0.25, 0.3) is 0 Å². The zero-order valence-corrected chi connectivity index (χ0v) is 12.5. The van der Waals surface area contributed by atoms with E-state index < -0.39 is 5.82 Å². The lowest BCUT2D eigenvalue weighted by Crippen LogP contribution is -2.24. The normalized spacial score (nSPS) is 12.4. The summed E-state index contributed by atoms with van der Waals surface area (Å²) >= 11 is 12.0. The van der Waals surface area contributed by atoms with Crippen LogP contribution in [0.4, 0.5) is 4.39 Å². The molecule has 2 aromatic rings. The largest absolute Gasteiger partial charge is 0.309 e. The molecule has 0 fully saturated rings. The molecule has 106 valence electrons. The van der Waals surface area contributed by atoms with Gasteiger partial charge in [0.05, 0.1) is 21.8 Å². The Labute approximate surface area is 127 Å². The third-order valence-corrected chi connectivity index (χ3v) is 3.60. The van der Waals surface area contributed by atoms with Gasteiger partial charge in [-0.25, -0.2) is 4.39 Å². The number of rotatable bonds is 5. The first kappa shape index (κ1) is 15.2. The van der Waals surface area contributed by atoms with E-state index in [1.807, 2.05) is 13.0 Å². The van der Waals surface area contributed by atoms with Gasteiger partial charge in [0, 0.05) is 6.20 Å². The Morgan fingerprint density at radius 2 is 2.05 bits per heavy atom. The number of hydrogen-bond donors (Lipinski definition) is 1. The van der Waals surface area contributed by atoms with Gasteiger partial charge in [-0.1, -0.05) is 36.2 Å². The van der Waals surface area contributed by atoms with Gasteiger partial charge in [-0.15, -0.1) is 0 Å². The van der Waals surface area contributed by atoms with E-state index in [9.17, 15) is 4.39 Å². The molecule has 0 aliphatic heterocycles. The minimum absolute atomic E-state index is 0.0322. The number of benzene rings is 1. The summed E-state index contributed by atoms with van der Waals surface area (Å²) in [6, 6.07) is 8.31. The third-order valence-electron chi connectivity index (χ3n) is 2.99. The molecule has 1 N–H and O–H groups in total. The van der Waals surface area contributed by atoms with Crippen molar-refractivity contribution in [1.82, 2.24) is 10.3 Å². The molecule has 1 unspecified atom stereocenters. The number of halogens is 3. The molecule has 20 heavy (non-hydrogen) atoms. The maximum atomic E-state index is 13.2. The minimum atomic E-state index is -0.411. The predicted octanol–water partition coefficient (Wildman–Crippen LogP) is 4.42. The summed E-state index contributed by atoms with van der Waals surface area (Å²) in [6.45, 7) is 2.80. The Morgan fingerprint density at radius 3 is 2.70 bits per heavy atom. The summed E-state index contributed by atoms with van der Waals surface area (Å²) in [7, 11) is 0. The second kappa shape index (κ2) is 7.02. The Morgan fingerprint density at radius 1 is 1.25 bits per heavy atom. The maximum Gasteiger partial charge on any atom is 0.141 e. The number of aromatic nitrogens is 1. The fourth-order valence-corrected chi connectivity index (χ4v) is 2.52. The molecular formula is C15H15Cl2FN2. The summed E-state index contributed by atoms with van der Waals surface area (Å²) in [6.07, 6.45) is 2.35. The molecule has 1 atom stereocenters. The molecule has 0 radical (unpaired) electrons. The molecule has 0 amide bonds. The fraction of sp³-hybridized carbons (Fsp3) is 0.267. The predicted molar refractivity (Wildman–Crippen MR) is 80.8 cm³/mol. The van der Waals surface area contributed by atoms with Crippen LogP contribution in [0.25, 0.3) is 0 Å². The zero-order valence-electron chi connectivity index (χ0n) is 11.0. The van der Waals surface area contributed by atoms with E-state index in [-0.39, 0.29) is 11.1 Å². The third kappa shape index (κ3) is 3.69. The van der Waals surface area contributed by atoms with Crippen molar-refractivity contribution in [2.45, 2.75) is 19.4 Å². The molecule has 2 rings (SSSR count). The molecule has 0 saturated heterocycles. The quantitative estimate of drug-likeness (QED) is 0.884. The lowest BCUT2D eigenvalue weighted by Gasteiger charge is -2.18. The Bertz CT molecular complexity index is 590. The van der Waals surface area contributed by atoms with Crippen molar-refractivity contribution in [3.05, 3.63) is 63.6 Å². The minimum Gasteiger partial charge on any atom is -0.309 e. The second-order valence-corrected chi connectivity index (χ2v) is 5.25. The Hall–Kier alpha value is -1.16. The highest BCUT2D eigenvalue weighted by atomic mass is 35.5. The highest BCUT2D eigenvalue weighted by molar-refractivity contribution is 6.31. The molecular weight excluding hydrogens is 298 g/mol. The van der Waals surface area contributed by atoms with Gasteiger partial charge in [-0.05, 0) is 42.8 Å². The van der Waals surface area contributed by atoms with Gasteiger partial charge in [0.1, 0.15) is 5.82 Å². The summed E-state index contributed by atoms with van der Waals surface area (Å²) in [5, 5.41) is 4.09. The summed E-state index contributed by atoms with van der Waals surface area (Å²) < 4.78 is 13.2. The van der Waals surface area contributed by atoms with Crippen molar-refractivity contribution in [3.63, 3.8) is 0 Å². The van der Waals surface area contributed by atoms with E-state index >= 15 is 0 Å². The Kier molecular flexibility index (Phi) is 5.35. The van der Waals surface area contributed by atoms with E-state index in [2.05, 4.69) is 10.3 Å². The Balaban J connectivity index is 2.25. The molecule has 1 aromatic heterocycles. The SMILES string of the molecule is CCNC(Cc1ccc(F)c(Cl)c1)c1ncccc1Cl. The smallest absolute Gasteiger partial charge is 0.141 e. The van der Waals surface area contributed by atoms with Crippen LogP contribution in [0.1, 0.15) is 24.2 Å². The van der Waals surface area contributed by atoms with Crippen LogP contribution >= 0.6 is 23.2 Å². The lowest BCUT2D eigenvalue weighted by atomic mass is 10.0. The van der Waals surface area contributed by atoms with E-state index in [0.717, 1.165) is 17.8 Å². The highest BCUT2D eigenvalue weighted by Crippen LogP contribution is 2.25. The van der Waals surface area contributed by atoms with Crippen LogP contribution in [-0.4, -0.2) is 11.5 Å². The molecule has 0 bridgehead atoms. The average molecular weight is 313 g/mol. The molecule has 1 aromatic carbocycles. The second-order valence-electron chi connectivity index (χ2n) is 4.43. The van der Waals surface area contributed by atoms with Crippen LogP contribution in [0.2, 0.25) is 10.0 Å². The van der Waals surface area contributed by atoms with Crippen molar-refractivity contribution < 1.29 is 4.39 Å². The summed E-state index contributed by atoms with van der Waals surface area (Å²) in [4.78, 5) is 4.33. The van der Waals surface area contributed by atoms with Gasteiger partial charge in [-0.3, -0.25) is 4.98 Å². The average Bonchev–Trinajstić information content (AvgIpc) is 2.43. The summed E-state index contributed by atoms with van der Waals surface area (Å²) in [5.74, 6) is -0.411. The number of nitrogens with one attached hydrogen (secondary N) is 1. The topological polar surface area (TPSA) is 24.9 Å². The van der Waals surface area contributed by atoms with E-state index in [4.69, 9.17) is 23.2 Å². The number of pyridine rings is 1. The molecule has 0 saturated carbocycles. The van der Waals surface area contributed by atoms with Gasteiger partial charge < -0.3 is 5.32 Å². The van der Waals surface area contributed by atoms with Crippen LogP contribution in [0, 0.1) is 5.82 Å². The number of nitrogens with zero attached hydrogens (tertiary/aromatic N) is 1. The van der Waals surface area contributed by atoms with Crippen molar-refractivity contribution >= 4 is 23.2 Å². The van der Waals surface area contributed by atoms with E-state index in [0.29, 0.717) is 11.4 Å². The zero-order chi connectivity index (χ0) is 14.5. The lowest BCUT2D eigenvalue weighted by molar-refractivity contribution is 0.536. The van der Waals surface area contributed by atoms with Gasteiger partial charge in [0.2, 0.25) is 0 Å². The van der Waals surface area contributed by atoms with E-state index in [1.165, 1.54) is 6.07 Å². The standard InChI is InChI=1S/C15H15Cl2FN2/c1-2-19-14(15-11(16)4-3-7-20-15)9-10-5-6-13(18)12(17)8-10/h3-8,14,19H,2,9H2,1H3. The monoisotopic (exact) mass is 312 g/mol. The molecule has 0 aliphatic rings. The van der Waals surface area contributed by atoms with Crippen LogP contribution in [0.3, 0.4) is 0 Å². The van der Waals surface area contributed by atoms with Crippen molar-refractivity contribution in [2.24, 2.45) is 0 Å². The van der Waals surface area contributed by atoms with E-state index in [1.54, 1.807) is 24.4 Å². The first-order valence-corrected chi connectivity index (χ1v) is 7.15. The number of hydrogen-bond acceptors (Lipinski definition) is 2. The molecule has 0 spiro atoms. The fourth-order valence-electron chi connectivity index (χ4n) is 2.07. The van der Waals surface area contributed by atoms with Crippen molar-refractivity contribution in [2.75, 3.05) is 6.54 Å². The van der Waals surface area contributed by atoms with Gasteiger partial charge in [-0.2, -0.15) is 0 Å². The molecule has 2 nitrogen and oxygen atoms in total. The highest BCUT2D eigenvalue weighted by Gasteiger charge is 2.16. The molecule has 1 heterocycles. The first-order valence-electron chi connectivity index (χ1n) is 6.39. The van der Waals surface area contributed by atoms with Crippen LogP contribution < -0.4 is 5.32 Å². The molecule has 5 heteroatoms. The number of likely N-dealkylation sites (N-methyl/N-ethyl adjacent to an activating group) is 1. The maximum absolute atomic E-state index is 13.2.